The Hall–Kier alpha value is -1.06. The molecule has 1 saturated heterocycles. The molecule has 0 bridgehead atoms. The van der Waals surface area contributed by atoms with Gasteiger partial charge in [-0.1, -0.05) is 33.1 Å². The maximum atomic E-state index is 12.7. The molecule has 2 aliphatic rings. The highest BCUT2D eigenvalue weighted by Crippen LogP contribution is 2.39. The summed E-state index contributed by atoms with van der Waals surface area (Å²) in [5.74, 6) is 0.104. The number of esters is 1. The number of carbonyl (C=O) groups is 2. The maximum absolute atomic E-state index is 12.7. The summed E-state index contributed by atoms with van der Waals surface area (Å²) >= 11 is 0. The number of carbonyl (C=O) groups excluding carboxylic acids is 2. The SMILES string of the molecule is COC(=O)C1CN(C(=O)C2(C)CCCCC2)CC1C. The first-order valence-corrected chi connectivity index (χ1v) is 7.35. The normalized spacial score (nSPS) is 30.2. The monoisotopic (exact) mass is 267 g/mol. The van der Waals surface area contributed by atoms with Gasteiger partial charge in [0.25, 0.3) is 0 Å². The summed E-state index contributed by atoms with van der Waals surface area (Å²) in [6, 6.07) is 0. The van der Waals surface area contributed by atoms with E-state index in [-0.39, 0.29) is 29.1 Å². The molecule has 1 saturated carbocycles. The lowest BCUT2D eigenvalue weighted by Crippen LogP contribution is -2.42. The van der Waals surface area contributed by atoms with Crippen molar-refractivity contribution in [2.24, 2.45) is 17.3 Å². The summed E-state index contributed by atoms with van der Waals surface area (Å²) < 4.78 is 4.83. The third-order valence-electron chi connectivity index (χ3n) is 4.88. The molecule has 1 aliphatic heterocycles. The number of nitrogens with zero attached hydrogens (tertiary/aromatic N) is 1. The van der Waals surface area contributed by atoms with E-state index in [9.17, 15) is 9.59 Å². The van der Waals surface area contributed by atoms with Gasteiger partial charge in [-0.05, 0) is 18.8 Å². The lowest BCUT2D eigenvalue weighted by Gasteiger charge is -2.35. The van der Waals surface area contributed by atoms with E-state index in [0.29, 0.717) is 13.1 Å². The zero-order valence-electron chi connectivity index (χ0n) is 12.3. The van der Waals surface area contributed by atoms with Crippen LogP contribution in [0.1, 0.15) is 46.0 Å². The topological polar surface area (TPSA) is 46.6 Å². The fourth-order valence-corrected chi connectivity index (χ4v) is 3.52. The first-order chi connectivity index (χ1) is 8.98. The van der Waals surface area contributed by atoms with Crippen LogP contribution in [0.4, 0.5) is 0 Å². The van der Waals surface area contributed by atoms with E-state index in [1.807, 2.05) is 11.8 Å². The van der Waals surface area contributed by atoms with Gasteiger partial charge in [-0.3, -0.25) is 9.59 Å². The average molecular weight is 267 g/mol. The average Bonchev–Trinajstić information content (AvgIpc) is 2.80. The highest BCUT2D eigenvalue weighted by Gasteiger charge is 2.43. The Balaban J connectivity index is 2.03. The zero-order chi connectivity index (χ0) is 14.0. The Kier molecular flexibility index (Phi) is 4.16. The maximum Gasteiger partial charge on any atom is 0.310 e. The Bertz CT molecular complexity index is 360. The van der Waals surface area contributed by atoms with E-state index < -0.39 is 0 Å². The summed E-state index contributed by atoms with van der Waals surface area (Å²) in [6.45, 7) is 5.33. The lowest BCUT2D eigenvalue weighted by atomic mass is 9.74. The second-order valence-corrected chi connectivity index (χ2v) is 6.44. The molecule has 0 spiro atoms. The molecular formula is C15H25NO3. The highest BCUT2D eigenvalue weighted by atomic mass is 16.5. The molecule has 4 heteroatoms. The van der Waals surface area contributed by atoms with Gasteiger partial charge >= 0.3 is 5.97 Å². The molecule has 4 nitrogen and oxygen atoms in total. The van der Waals surface area contributed by atoms with Crippen molar-refractivity contribution in [3.05, 3.63) is 0 Å². The number of likely N-dealkylation sites (tertiary alicyclic amines) is 1. The van der Waals surface area contributed by atoms with Crippen LogP contribution in [-0.4, -0.2) is 37.0 Å². The van der Waals surface area contributed by atoms with Crippen LogP contribution in [0.3, 0.4) is 0 Å². The molecule has 108 valence electrons. The summed E-state index contributed by atoms with van der Waals surface area (Å²) in [7, 11) is 1.42. The molecule has 19 heavy (non-hydrogen) atoms. The minimum Gasteiger partial charge on any atom is -0.469 e. The van der Waals surface area contributed by atoms with Crippen LogP contribution in [0.2, 0.25) is 0 Å². The summed E-state index contributed by atoms with van der Waals surface area (Å²) in [6.07, 6.45) is 5.50. The predicted molar refractivity (Wildman–Crippen MR) is 72.4 cm³/mol. The zero-order valence-corrected chi connectivity index (χ0v) is 12.3. The lowest BCUT2D eigenvalue weighted by molar-refractivity contribution is -0.146. The Morgan fingerprint density at radius 3 is 2.37 bits per heavy atom. The Labute approximate surface area is 115 Å². The van der Waals surface area contributed by atoms with Crippen LogP contribution in [0, 0.1) is 17.3 Å². The van der Waals surface area contributed by atoms with E-state index in [1.54, 1.807) is 0 Å². The van der Waals surface area contributed by atoms with Gasteiger partial charge < -0.3 is 9.64 Å². The van der Waals surface area contributed by atoms with Gasteiger partial charge in [0.1, 0.15) is 0 Å². The highest BCUT2D eigenvalue weighted by molar-refractivity contribution is 5.84. The molecule has 0 radical (unpaired) electrons. The molecule has 2 unspecified atom stereocenters. The largest absolute Gasteiger partial charge is 0.469 e. The number of amides is 1. The van der Waals surface area contributed by atoms with Gasteiger partial charge in [-0.15, -0.1) is 0 Å². The van der Waals surface area contributed by atoms with Crippen molar-refractivity contribution in [2.45, 2.75) is 46.0 Å². The fraction of sp³-hybridized carbons (Fsp3) is 0.867. The minimum atomic E-state index is -0.205. The molecule has 2 fully saturated rings. The molecule has 1 heterocycles. The van der Waals surface area contributed by atoms with Gasteiger partial charge in [-0.2, -0.15) is 0 Å². The van der Waals surface area contributed by atoms with Crippen molar-refractivity contribution < 1.29 is 14.3 Å². The van der Waals surface area contributed by atoms with E-state index in [4.69, 9.17) is 4.74 Å². The quantitative estimate of drug-likeness (QED) is 0.721. The molecule has 2 rings (SSSR count). The Morgan fingerprint density at radius 2 is 1.79 bits per heavy atom. The molecule has 0 aromatic carbocycles. The predicted octanol–water partition coefficient (Wildman–Crippen LogP) is 2.22. The van der Waals surface area contributed by atoms with Crippen molar-refractivity contribution in [1.82, 2.24) is 4.90 Å². The second-order valence-electron chi connectivity index (χ2n) is 6.44. The second kappa shape index (κ2) is 5.51. The summed E-state index contributed by atoms with van der Waals surface area (Å²) in [5, 5.41) is 0. The first-order valence-electron chi connectivity index (χ1n) is 7.35. The molecule has 0 N–H and O–H groups in total. The van der Waals surface area contributed by atoms with Crippen LogP contribution in [0.25, 0.3) is 0 Å². The van der Waals surface area contributed by atoms with Crippen molar-refractivity contribution in [3.63, 3.8) is 0 Å². The number of hydrogen-bond donors (Lipinski definition) is 0. The van der Waals surface area contributed by atoms with Crippen LogP contribution >= 0.6 is 0 Å². The number of rotatable bonds is 2. The van der Waals surface area contributed by atoms with Crippen LogP contribution < -0.4 is 0 Å². The Morgan fingerprint density at radius 1 is 1.16 bits per heavy atom. The van der Waals surface area contributed by atoms with Crippen molar-refractivity contribution in [2.75, 3.05) is 20.2 Å². The summed E-state index contributed by atoms with van der Waals surface area (Å²) in [5.41, 5.74) is -0.205. The molecule has 0 aromatic rings. The van der Waals surface area contributed by atoms with E-state index >= 15 is 0 Å². The van der Waals surface area contributed by atoms with Gasteiger partial charge in [0.05, 0.1) is 13.0 Å². The molecule has 2 atom stereocenters. The number of methoxy groups -OCH3 is 1. The van der Waals surface area contributed by atoms with Crippen LogP contribution in [0.15, 0.2) is 0 Å². The van der Waals surface area contributed by atoms with Crippen molar-refractivity contribution >= 4 is 11.9 Å². The van der Waals surface area contributed by atoms with E-state index in [0.717, 1.165) is 25.7 Å². The smallest absolute Gasteiger partial charge is 0.310 e. The number of hydrogen-bond acceptors (Lipinski definition) is 3. The van der Waals surface area contributed by atoms with Gasteiger partial charge in [0, 0.05) is 18.5 Å². The van der Waals surface area contributed by atoms with Crippen molar-refractivity contribution in [1.29, 1.82) is 0 Å². The minimum absolute atomic E-state index is 0.152. The first kappa shape index (κ1) is 14.4. The summed E-state index contributed by atoms with van der Waals surface area (Å²) in [4.78, 5) is 26.3. The fourth-order valence-electron chi connectivity index (χ4n) is 3.52. The van der Waals surface area contributed by atoms with Gasteiger partial charge in [0.15, 0.2) is 0 Å². The van der Waals surface area contributed by atoms with Crippen LogP contribution in [-0.2, 0) is 14.3 Å². The van der Waals surface area contributed by atoms with E-state index in [2.05, 4.69) is 6.92 Å². The molecular weight excluding hydrogens is 242 g/mol. The van der Waals surface area contributed by atoms with Crippen LogP contribution in [0.5, 0.6) is 0 Å². The molecule has 1 amide bonds. The molecule has 1 aliphatic carbocycles. The van der Waals surface area contributed by atoms with Crippen molar-refractivity contribution in [3.8, 4) is 0 Å². The third kappa shape index (κ3) is 2.77. The van der Waals surface area contributed by atoms with E-state index in [1.165, 1.54) is 13.5 Å². The standard InChI is InChI=1S/C15H25NO3/c1-11-9-16(10-12(11)13(17)19-3)14(18)15(2)7-5-4-6-8-15/h11-12H,4-10H2,1-3H3. The molecule has 0 aromatic heterocycles. The van der Waals surface area contributed by atoms with Gasteiger partial charge in [0.2, 0.25) is 5.91 Å². The van der Waals surface area contributed by atoms with Gasteiger partial charge in [-0.25, -0.2) is 0 Å². The third-order valence-corrected chi connectivity index (χ3v) is 4.88. The number of ether oxygens (including phenoxy) is 1.